The number of nitrogens with two attached hydrogens (primary N) is 2. The molecule has 2 aromatic heterocycles. The lowest BCUT2D eigenvalue weighted by atomic mass is 10.1. The molecule has 0 aliphatic carbocycles. The van der Waals surface area contributed by atoms with Crippen LogP contribution in [-0.4, -0.2) is 31.0 Å². The van der Waals surface area contributed by atoms with E-state index in [4.69, 9.17) is 16.6 Å². The van der Waals surface area contributed by atoms with Crippen molar-refractivity contribution in [2.75, 3.05) is 11.5 Å². The molecule has 2 heterocycles. The standard InChI is InChI=1S/C9H18O2.C8H8N6/c1-2-3-4-5-6-7-8-9(10)11;9-7-12-6(13-8(10)14-7)5-3-1-2-4-11-5/h2-8H2,1H3,(H,10,11);1-4H,(H4,9,10,12,13,14). The molecule has 0 saturated carbocycles. The minimum atomic E-state index is -0.666. The number of anilines is 2. The summed E-state index contributed by atoms with van der Waals surface area (Å²) in [7, 11) is 0. The molecule has 2 aromatic rings. The maximum Gasteiger partial charge on any atom is 0.303 e. The van der Waals surface area contributed by atoms with Crippen LogP contribution >= 0.6 is 0 Å². The Morgan fingerprint density at radius 3 is 2.20 bits per heavy atom. The summed E-state index contributed by atoms with van der Waals surface area (Å²) >= 11 is 0. The maximum atomic E-state index is 10.1. The lowest BCUT2D eigenvalue weighted by Gasteiger charge is -2.00. The Kier molecular flexibility index (Phi) is 9.50. The maximum absolute atomic E-state index is 10.1. The van der Waals surface area contributed by atoms with E-state index in [2.05, 4.69) is 26.9 Å². The molecule has 0 aliphatic rings. The molecule has 0 saturated heterocycles. The number of pyridine rings is 1. The van der Waals surface area contributed by atoms with Gasteiger partial charge in [0.25, 0.3) is 0 Å². The van der Waals surface area contributed by atoms with Crippen molar-refractivity contribution in [3.63, 3.8) is 0 Å². The molecule has 8 heteroatoms. The molecule has 0 spiro atoms. The summed E-state index contributed by atoms with van der Waals surface area (Å²) in [5, 5.41) is 8.32. The van der Waals surface area contributed by atoms with Crippen LogP contribution < -0.4 is 11.5 Å². The van der Waals surface area contributed by atoms with Crippen LogP contribution in [0, 0.1) is 0 Å². The Hall–Kier alpha value is -2.77. The van der Waals surface area contributed by atoms with Crippen molar-refractivity contribution in [2.45, 2.75) is 51.9 Å². The third-order valence-corrected chi connectivity index (χ3v) is 3.31. The fourth-order valence-electron chi connectivity index (χ4n) is 2.08. The van der Waals surface area contributed by atoms with Crippen molar-refractivity contribution in [1.29, 1.82) is 0 Å². The number of carboxylic acids is 1. The molecular weight excluding hydrogens is 320 g/mol. The van der Waals surface area contributed by atoms with Gasteiger partial charge >= 0.3 is 5.97 Å². The van der Waals surface area contributed by atoms with Crippen molar-refractivity contribution in [1.82, 2.24) is 19.9 Å². The molecule has 0 radical (unpaired) electrons. The van der Waals surface area contributed by atoms with Crippen molar-refractivity contribution in [3.8, 4) is 11.5 Å². The molecule has 0 atom stereocenters. The number of nitrogen functional groups attached to an aromatic ring is 2. The predicted molar refractivity (Wildman–Crippen MR) is 97.5 cm³/mol. The highest BCUT2D eigenvalue weighted by Crippen LogP contribution is 2.12. The van der Waals surface area contributed by atoms with Gasteiger partial charge in [0.15, 0.2) is 5.82 Å². The van der Waals surface area contributed by atoms with Crippen LogP contribution in [0.15, 0.2) is 24.4 Å². The van der Waals surface area contributed by atoms with Gasteiger partial charge in [0, 0.05) is 12.6 Å². The number of nitrogens with zero attached hydrogens (tertiary/aromatic N) is 4. The van der Waals surface area contributed by atoms with Crippen LogP contribution in [0.5, 0.6) is 0 Å². The van der Waals surface area contributed by atoms with E-state index in [9.17, 15) is 4.79 Å². The van der Waals surface area contributed by atoms with Crippen LogP contribution in [-0.2, 0) is 4.79 Å². The van der Waals surface area contributed by atoms with E-state index in [0.29, 0.717) is 17.9 Å². The SMILES string of the molecule is CCCCCCCCC(=O)O.Nc1nc(N)nc(-c2ccccn2)n1. The average Bonchev–Trinajstić information content (AvgIpc) is 2.58. The second-order valence-electron chi connectivity index (χ2n) is 5.50. The second-order valence-corrected chi connectivity index (χ2v) is 5.50. The third-order valence-electron chi connectivity index (χ3n) is 3.31. The molecule has 136 valence electrons. The van der Waals surface area contributed by atoms with Crippen molar-refractivity contribution >= 4 is 17.9 Å². The van der Waals surface area contributed by atoms with E-state index in [1.807, 2.05) is 6.07 Å². The van der Waals surface area contributed by atoms with Crippen LogP contribution in [0.3, 0.4) is 0 Å². The van der Waals surface area contributed by atoms with E-state index in [0.717, 1.165) is 12.8 Å². The first-order chi connectivity index (χ1) is 12.0. The summed E-state index contributed by atoms with van der Waals surface area (Å²) in [6.45, 7) is 2.18. The van der Waals surface area contributed by atoms with E-state index < -0.39 is 5.97 Å². The first kappa shape index (κ1) is 20.3. The number of aliphatic carboxylic acids is 1. The van der Waals surface area contributed by atoms with Gasteiger partial charge in [-0.05, 0) is 18.6 Å². The topological polar surface area (TPSA) is 141 Å². The summed E-state index contributed by atoms with van der Waals surface area (Å²) in [4.78, 5) is 25.7. The summed E-state index contributed by atoms with van der Waals surface area (Å²) < 4.78 is 0. The van der Waals surface area contributed by atoms with Crippen molar-refractivity contribution in [3.05, 3.63) is 24.4 Å². The van der Waals surface area contributed by atoms with Gasteiger partial charge in [-0.2, -0.15) is 15.0 Å². The van der Waals surface area contributed by atoms with Crippen LogP contribution in [0.1, 0.15) is 51.9 Å². The van der Waals surface area contributed by atoms with E-state index >= 15 is 0 Å². The van der Waals surface area contributed by atoms with Gasteiger partial charge in [-0.25, -0.2) is 0 Å². The average molecular weight is 346 g/mol. The van der Waals surface area contributed by atoms with Gasteiger partial charge in [-0.1, -0.05) is 45.1 Å². The summed E-state index contributed by atoms with van der Waals surface area (Å²) in [5.74, 6) is -0.0904. The van der Waals surface area contributed by atoms with Gasteiger partial charge in [-0.15, -0.1) is 0 Å². The molecule has 8 nitrogen and oxygen atoms in total. The predicted octanol–water partition coefficient (Wildman–Crippen LogP) is 2.92. The van der Waals surface area contributed by atoms with E-state index in [1.165, 1.54) is 25.7 Å². The number of unbranched alkanes of at least 4 members (excludes halogenated alkanes) is 5. The molecule has 5 N–H and O–H groups in total. The molecule has 0 amide bonds. The summed E-state index contributed by atoms with van der Waals surface area (Å²) in [6.07, 6.45) is 8.90. The first-order valence-corrected chi connectivity index (χ1v) is 8.43. The third kappa shape index (κ3) is 9.19. The fraction of sp³-hybridized carbons (Fsp3) is 0.471. The zero-order valence-corrected chi connectivity index (χ0v) is 14.6. The molecular formula is C17H26N6O2. The fourth-order valence-corrected chi connectivity index (χ4v) is 2.08. The van der Waals surface area contributed by atoms with E-state index in [1.54, 1.807) is 18.3 Å². The highest BCUT2D eigenvalue weighted by molar-refractivity contribution is 5.66. The number of rotatable bonds is 8. The lowest BCUT2D eigenvalue weighted by molar-refractivity contribution is -0.137. The van der Waals surface area contributed by atoms with Gasteiger partial charge in [0.2, 0.25) is 11.9 Å². The molecule has 0 aromatic carbocycles. The lowest BCUT2D eigenvalue weighted by Crippen LogP contribution is -2.04. The molecule has 2 rings (SSSR count). The number of carbonyl (C=O) groups is 1. The largest absolute Gasteiger partial charge is 0.481 e. The van der Waals surface area contributed by atoms with Crippen LogP contribution in [0.2, 0.25) is 0 Å². The zero-order chi connectivity index (χ0) is 18.5. The molecule has 0 unspecified atom stereocenters. The normalized spacial score (nSPS) is 9.96. The highest BCUT2D eigenvalue weighted by Gasteiger charge is 2.04. The van der Waals surface area contributed by atoms with Crippen molar-refractivity contribution in [2.24, 2.45) is 0 Å². The highest BCUT2D eigenvalue weighted by atomic mass is 16.4. The summed E-state index contributed by atoms with van der Waals surface area (Å²) in [5.41, 5.74) is 11.5. The van der Waals surface area contributed by atoms with Gasteiger partial charge in [0.05, 0.1) is 0 Å². The Balaban J connectivity index is 0.000000260. The quantitative estimate of drug-likeness (QED) is 0.619. The van der Waals surface area contributed by atoms with E-state index in [-0.39, 0.29) is 11.9 Å². The smallest absolute Gasteiger partial charge is 0.303 e. The monoisotopic (exact) mass is 346 g/mol. The Morgan fingerprint density at radius 1 is 1.00 bits per heavy atom. The molecule has 0 bridgehead atoms. The minimum Gasteiger partial charge on any atom is -0.481 e. The molecule has 0 aliphatic heterocycles. The minimum absolute atomic E-state index is 0.0955. The van der Waals surface area contributed by atoms with Crippen LogP contribution in [0.25, 0.3) is 11.5 Å². The number of aromatic nitrogens is 4. The van der Waals surface area contributed by atoms with Gasteiger partial charge in [0.1, 0.15) is 5.69 Å². The summed E-state index contributed by atoms with van der Waals surface area (Å²) in [6, 6.07) is 5.41. The van der Waals surface area contributed by atoms with Gasteiger partial charge < -0.3 is 16.6 Å². The molecule has 0 fully saturated rings. The molecule has 25 heavy (non-hydrogen) atoms. The van der Waals surface area contributed by atoms with Crippen molar-refractivity contribution < 1.29 is 9.90 Å². The second kappa shape index (κ2) is 11.7. The first-order valence-electron chi connectivity index (χ1n) is 8.43. The number of carboxylic acid groups (broad SMARTS) is 1. The number of hydrogen-bond acceptors (Lipinski definition) is 7. The zero-order valence-electron chi connectivity index (χ0n) is 14.6. The Labute approximate surface area is 147 Å². The van der Waals surface area contributed by atoms with Gasteiger partial charge in [-0.3, -0.25) is 9.78 Å². The number of hydrogen-bond donors (Lipinski definition) is 3. The Bertz CT molecular complexity index is 616. The Morgan fingerprint density at radius 2 is 1.64 bits per heavy atom. The van der Waals surface area contributed by atoms with Crippen LogP contribution in [0.4, 0.5) is 11.9 Å².